The molecule has 0 unspecified atom stereocenters. The van der Waals surface area contributed by atoms with E-state index in [1.165, 1.54) is 0 Å². The molecule has 0 radical (unpaired) electrons. The first-order valence-electron chi connectivity index (χ1n) is 7.54. The van der Waals surface area contributed by atoms with E-state index in [9.17, 15) is 52.0 Å². The lowest BCUT2D eigenvalue weighted by Crippen LogP contribution is -2.40. The number of hydrogen-bond donors (Lipinski definition) is 0. The highest BCUT2D eigenvalue weighted by Crippen LogP contribution is 2.36. The molecular formula is C12H22F8N2O4S2. The number of hydrogen-bond acceptors (Lipinski definition) is 4. The summed E-state index contributed by atoms with van der Waals surface area (Å²) >= 11 is 0. The smallest absolute Gasteiger partial charge is 0.421 e. The van der Waals surface area contributed by atoms with E-state index in [0.717, 1.165) is 35.0 Å². The van der Waals surface area contributed by atoms with Gasteiger partial charge in [0.15, 0.2) is 20.0 Å². The van der Waals surface area contributed by atoms with E-state index in [2.05, 4.69) is 21.0 Å². The van der Waals surface area contributed by atoms with E-state index in [0.29, 0.717) is 6.42 Å². The van der Waals surface area contributed by atoms with E-state index in [-0.39, 0.29) is 6.42 Å². The van der Waals surface area contributed by atoms with Crippen LogP contribution in [0.4, 0.5) is 35.1 Å². The fraction of sp³-hybridized carbons (Fsp3) is 1.00. The first-order chi connectivity index (χ1) is 12.0. The van der Waals surface area contributed by atoms with Gasteiger partial charge in [-0.15, -0.1) is 0 Å². The van der Waals surface area contributed by atoms with Gasteiger partial charge in [-0.3, -0.25) is 0 Å². The van der Waals surface area contributed by atoms with Gasteiger partial charge in [-0.25, -0.2) is 25.6 Å². The normalized spacial score (nSPS) is 14.4. The monoisotopic (exact) mass is 474 g/mol. The van der Waals surface area contributed by atoms with Crippen molar-refractivity contribution in [3.63, 3.8) is 0 Å². The van der Waals surface area contributed by atoms with Crippen molar-refractivity contribution in [3.8, 4) is 0 Å². The molecule has 0 atom stereocenters. The van der Waals surface area contributed by atoms with Crippen molar-refractivity contribution in [2.24, 2.45) is 0 Å². The highest BCUT2D eigenvalue weighted by Gasteiger charge is 2.46. The van der Waals surface area contributed by atoms with Gasteiger partial charge in [0.05, 0.1) is 27.2 Å². The summed E-state index contributed by atoms with van der Waals surface area (Å²) in [4.78, 5) is 0. The average molecular weight is 474 g/mol. The molecule has 16 heteroatoms. The molecule has 0 aromatic carbocycles. The van der Waals surface area contributed by atoms with E-state index >= 15 is 0 Å². The summed E-state index contributed by atoms with van der Waals surface area (Å²) in [7, 11) is -9.18. The molecule has 172 valence electrons. The van der Waals surface area contributed by atoms with Gasteiger partial charge in [0.25, 0.3) is 0 Å². The number of alkyl halides is 8. The molecule has 0 aromatic rings. The number of rotatable bonds is 8. The molecule has 0 fully saturated rings. The Balaban J connectivity index is 0. The number of nitrogens with zero attached hydrogens (tertiary/aromatic N) is 2. The molecule has 0 aliphatic rings. The van der Waals surface area contributed by atoms with E-state index in [1.54, 1.807) is 0 Å². The van der Waals surface area contributed by atoms with Crippen molar-refractivity contribution in [3.05, 3.63) is 4.13 Å². The molecule has 0 rings (SSSR count). The summed E-state index contributed by atoms with van der Waals surface area (Å²) in [6.45, 7) is 5.16. The quantitative estimate of drug-likeness (QED) is 0.303. The molecule has 0 amide bonds. The summed E-state index contributed by atoms with van der Waals surface area (Å²) in [5, 5.41) is 0. The standard InChI is InChI=1S/C10H22F2N.C2F6NO4S2/c1-5-13(3,4)9-7-6-8-10(2,11)12;3-1(4,5)14(10,11)9-15(12,13)2(6,7)8/h5-9H2,1-4H3;/q+1;-1. The predicted molar refractivity (Wildman–Crippen MR) is 85.3 cm³/mol. The largest absolute Gasteiger partial charge is 0.480 e. The van der Waals surface area contributed by atoms with Gasteiger partial charge >= 0.3 is 11.0 Å². The van der Waals surface area contributed by atoms with Crippen molar-refractivity contribution in [1.29, 1.82) is 0 Å². The first kappa shape index (κ1) is 29.5. The number of sulfonamides is 2. The summed E-state index contributed by atoms with van der Waals surface area (Å²) in [6.07, 6.45) is 1.55. The van der Waals surface area contributed by atoms with Crippen LogP contribution in [0, 0.1) is 0 Å². The molecule has 0 spiro atoms. The molecule has 28 heavy (non-hydrogen) atoms. The van der Waals surface area contributed by atoms with Crippen molar-refractivity contribution >= 4 is 20.0 Å². The third-order valence-electron chi connectivity index (χ3n) is 3.27. The molecule has 0 heterocycles. The number of quaternary nitrogens is 1. The molecule has 0 saturated heterocycles. The molecule has 6 nitrogen and oxygen atoms in total. The van der Waals surface area contributed by atoms with Gasteiger partial charge in [0, 0.05) is 6.42 Å². The minimum absolute atomic E-state index is 0.0245. The van der Waals surface area contributed by atoms with Crippen LogP contribution >= 0.6 is 0 Å². The van der Waals surface area contributed by atoms with Gasteiger partial charge in [-0.2, -0.15) is 26.3 Å². The van der Waals surface area contributed by atoms with Crippen LogP contribution in [0.1, 0.15) is 33.1 Å². The third kappa shape index (κ3) is 12.0. The van der Waals surface area contributed by atoms with Gasteiger partial charge in [0.1, 0.15) is 0 Å². The second-order valence-electron chi connectivity index (χ2n) is 6.42. The first-order valence-corrected chi connectivity index (χ1v) is 10.4. The van der Waals surface area contributed by atoms with E-state index in [4.69, 9.17) is 0 Å². The molecule has 0 N–H and O–H groups in total. The lowest BCUT2D eigenvalue weighted by Gasteiger charge is -2.28. The van der Waals surface area contributed by atoms with Crippen molar-refractivity contribution in [2.45, 2.75) is 50.0 Å². The Kier molecular flexibility index (Phi) is 10.4. The Labute approximate surface area is 158 Å². The Hall–Kier alpha value is -0.740. The molecule has 0 saturated carbocycles. The second-order valence-corrected chi connectivity index (χ2v) is 9.84. The summed E-state index contributed by atoms with van der Waals surface area (Å²) < 4.78 is 135. The number of unbranched alkanes of at least 4 members (excludes halogenated alkanes) is 1. The minimum Gasteiger partial charge on any atom is -0.421 e. The van der Waals surface area contributed by atoms with Gasteiger partial charge in [-0.05, 0) is 26.7 Å². The maximum Gasteiger partial charge on any atom is 0.480 e. The van der Waals surface area contributed by atoms with Crippen LogP contribution in [0.3, 0.4) is 0 Å². The van der Waals surface area contributed by atoms with Crippen LogP contribution in [0.5, 0.6) is 0 Å². The van der Waals surface area contributed by atoms with Gasteiger partial charge in [-0.1, -0.05) is 0 Å². The van der Waals surface area contributed by atoms with Crippen LogP contribution in [0.25, 0.3) is 4.13 Å². The van der Waals surface area contributed by atoms with Crippen LogP contribution in [-0.4, -0.2) is 65.4 Å². The maximum absolute atomic E-state index is 12.4. The SMILES string of the molecule is CC[N+](C)(C)CCCCC(C)(F)F.O=S(=O)([N-]S(=O)(=O)C(F)(F)F)C(F)(F)F. The fourth-order valence-corrected chi connectivity index (χ4v) is 3.06. The van der Waals surface area contributed by atoms with Crippen molar-refractivity contribution in [2.75, 3.05) is 27.2 Å². The number of halogens is 8. The lowest BCUT2D eigenvalue weighted by atomic mass is 10.1. The summed E-state index contributed by atoms with van der Waals surface area (Å²) in [5.41, 5.74) is -12.4. The molecule has 0 aromatic heterocycles. The van der Waals surface area contributed by atoms with Gasteiger partial charge < -0.3 is 8.61 Å². The topological polar surface area (TPSA) is 82.4 Å². The van der Waals surface area contributed by atoms with E-state index in [1.807, 2.05) is 0 Å². The zero-order valence-corrected chi connectivity index (χ0v) is 17.0. The Morgan fingerprint density at radius 2 is 1.14 bits per heavy atom. The average Bonchev–Trinajstić information content (AvgIpc) is 2.40. The third-order valence-corrected chi connectivity index (χ3v) is 6.01. The van der Waals surface area contributed by atoms with Crippen LogP contribution in [-0.2, 0) is 20.0 Å². The van der Waals surface area contributed by atoms with E-state index < -0.39 is 37.0 Å². The summed E-state index contributed by atoms with van der Waals surface area (Å²) in [6, 6.07) is 0. The Bertz CT molecular complexity index is 638. The molecule has 0 aliphatic carbocycles. The van der Waals surface area contributed by atoms with Crippen LogP contribution in [0.15, 0.2) is 0 Å². The molecule has 0 aliphatic heterocycles. The van der Waals surface area contributed by atoms with Gasteiger partial charge in [0.2, 0.25) is 5.92 Å². The zero-order valence-electron chi connectivity index (χ0n) is 15.4. The predicted octanol–water partition coefficient (Wildman–Crippen LogP) is 3.97. The Morgan fingerprint density at radius 3 is 1.39 bits per heavy atom. The minimum atomic E-state index is -6.72. The zero-order chi connectivity index (χ0) is 23.2. The van der Waals surface area contributed by atoms with Crippen molar-refractivity contribution < 1.29 is 56.4 Å². The van der Waals surface area contributed by atoms with Crippen LogP contribution < -0.4 is 0 Å². The fourth-order valence-electron chi connectivity index (χ4n) is 1.35. The molecular weight excluding hydrogens is 452 g/mol. The van der Waals surface area contributed by atoms with Crippen molar-refractivity contribution in [1.82, 2.24) is 0 Å². The van der Waals surface area contributed by atoms with Crippen LogP contribution in [0.2, 0.25) is 0 Å². The second kappa shape index (κ2) is 9.84. The lowest BCUT2D eigenvalue weighted by molar-refractivity contribution is -0.888. The molecule has 0 bridgehead atoms. The highest BCUT2D eigenvalue weighted by molar-refractivity contribution is 8.13. The summed E-state index contributed by atoms with van der Waals surface area (Å²) in [5.74, 6) is -2.48. The Morgan fingerprint density at radius 1 is 0.786 bits per heavy atom. The maximum atomic E-state index is 12.4. The highest BCUT2D eigenvalue weighted by atomic mass is 32.3.